The number of amides is 1. The Labute approximate surface area is 187 Å². The van der Waals surface area contributed by atoms with Gasteiger partial charge in [0.05, 0.1) is 31.8 Å². The second kappa shape index (κ2) is 10.2. The molecule has 0 spiro atoms. The second-order valence-corrected chi connectivity index (χ2v) is 7.10. The molecule has 3 aromatic rings. The summed E-state index contributed by atoms with van der Waals surface area (Å²) < 4.78 is 49.6. The van der Waals surface area contributed by atoms with Gasteiger partial charge in [-0.1, -0.05) is 18.2 Å². The molecule has 0 radical (unpaired) electrons. The fourth-order valence-electron chi connectivity index (χ4n) is 3.13. The largest absolute Gasteiger partial charge is 0.493 e. The Morgan fingerprint density at radius 2 is 1.73 bits per heavy atom. The van der Waals surface area contributed by atoms with Crippen LogP contribution in [0.1, 0.15) is 11.1 Å². The lowest BCUT2D eigenvalue weighted by Gasteiger charge is -2.11. The maximum absolute atomic E-state index is 12.7. The van der Waals surface area contributed by atoms with Gasteiger partial charge in [0.15, 0.2) is 11.5 Å². The van der Waals surface area contributed by atoms with Gasteiger partial charge >= 0.3 is 6.18 Å². The Kier molecular flexibility index (Phi) is 7.37. The minimum absolute atomic E-state index is 0.221. The molecule has 1 amide bonds. The molecule has 0 atom stereocenters. The molecule has 0 aliphatic carbocycles. The molecule has 0 fully saturated rings. The van der Waals surface area contributed by atoms with E-state index in [0.717, 1.165) is 22.3 Å². The Balaban J connectivity index is 1.58. The third-order valence-electron chi connectivity index (χ3n) is 4.89. The first-order valence-corrected chi connectivity index (χ1v) is 9.93. The highest BCUT2D eigenvalue weighted by Gasteiger charge is 2.30. The van der Waals surface area contributed by atoms with Crippen molar-refractivity contribution in [1.29, 1.82) is 0 Å². The van der Waals surface area contributed by atoms with Crippen LogP contribution in [-0.2, 0) is 23.9 Å². The number of hydrogen-bond acceptors (Lipinski definition) is 5. The van der Waals surface area contributed by atoms with E-state index in [1.807, 2.05) is 12.1 Å². The van der Waals surface area contributed by atoms with Gasteiger partial charge in [0, 0.05) is 18.2 Å². The van der Waals surface area contributed by atoms with Crippen molar-refractivity contribution in [2.75, 3.05) is 20.8 Å². The van der Waals surface area contributed by atoms with Gasteiger partial charge in [-0.3, -0.25) is 14.2 Å². The number of ether oxygens (including phenoxy) is 2. The van der Waals surface area contributed by atoms with E-state index in [9.17, 15) is 22.8 Å². The highest BCUT2D eigenvalue weighted by molar-refractivity contribution is 5.75. The van der Waals surface area contributed by atoms with Crippen LogP contribution in [0.15, 0.2) is 59.7 Å². The van der Waals surface area contributed by atoms with Gasteiger partial charge in [-0.05, 0) is 36.2 Å². The minimum atomic E-state index is -4.44. The molecule has 1 aromatic heterocycles. The highest BCUT2D eigenvalue weighted by Crippen LogP contribution is 2.30. The maximum atomic E-state index is 12.7. The molecule has 0 unspecified atom stereocenters. The quantitative estimate of drug-likeness (QED) is 0.557. The summed E-state index contributed by atoms with van der Waals surface area (Å²) in [5.41, 5.74) is 0.248. The van der Waals surface area contributed by atoms with Crippen LogP contribution >= 0.6 is 0 Å². The number of carbonyl (C=O) groups is 1. The Hall–Kier alpha value is -3.82. The molecule has 174 valence electrons. The van der Waals surface area contributed by atoms with E-state index in [2.05, 4.69) is 10.3 Å². The van der Waals surface area contributed by atoms with Crippen LogP contribution in [0.25, 0.3) is 11.3 Å². The van der Waals surface area contributed by atoms with Gasteiger partial charge in [0.2, 0.25) is 5.91 Å². The summed E-state index contributed by atoms with van der Waals surface area (Å²) >= 11 is 0. The molecule has 3 rings (SSSR count). The molecule has 33 heavy (non-hydrogen) atoms. The van der Waals surface area contributed by atoms with Crippen molar-refractivity contribution in [3.8, 4) is 22.8 Å². The van der Waals surface area contributed by atoms with E-state index in [0.29, 0.717) is 30.0 Å². The highest BCUT2D eigenvalue weighted by atomic mass is 19.4. The van der Waals surface area contributed by atoms with E-state index in [1.54, 1.807) is 13.2 Å². The van der Waals surface area contributed by atoms with E-state index in [4.69, 9.17) is 9.47 Å². The van der Waals surface area contributed by atoms with Crippen molar-refractivity contribution in [3.05, 3.63) is 76.3 Å². The predicted octanol–water partition coefficient (Wildman–Crippen LogP) is 3.31. The number of halogens is 3. The van der Waals surface area contributed by atoms with Gasteiger partial charge < -0.3 is 14.8 Å². The van der Waals surface area contributed by atoms with Gasteiger partial charge in [0.25, 0.3) is 5.56 Å². The van der Waals surface area contributed by atoms with Crippen LogP contribution in [0.5, 0.6) is 11.5 Å². The van der Waals surface area contributed by atoms with Crippen LogP contribution in [0.3, 0.4) is 0 Å². The van der Waals surface area contributed by atoms with Crippen LogP contribution in [-0.4, -0.2) is 36.2 Å². The SMILES string of the molecule is COc1ccc(CCNC(=O)Cn2cnc(-c3ccc(C(F)(F)F)cc3)cc2=O)cc1OC. The zero-order valence-corrected chi connectivity index (χ0v) is 18.0. The zero-order chi connectivity index (χ0) is 24.0. The lowest BCUT2D eigenvalue weighted by molar-refractivity contribution is -0.137. The van der Waals surface area contributed by atoms with Crippen molar-refractivity contribution in [1.82, 2.24) is 14.9 Å². The Morgan fingerprint density at radius 1 is 1.03 bits per heavy atom. The standard InChI is InChI=1S/C23H22F3N3O4/c1-32-19-8-3-15(11-20(19)33-2)9-10-27-21(30)13-29-14-28-18(12-22(29)31)16-4-6-17(7-5-16)23(24,25)26/h3-8,11-12,14H,9-10,13H2,1-2H3,(H,27,30). The molecule has 10 heteroatoms. The number of aromatic nitrogens is 2. The van der Waals surface area contributed by atoms with Crippen LogP contribution < -0.4 is 20.3 Å². The molecule has 1 heterocycles. The number of methoxy groups -OCH3 is 2. The number of nitrogens with zero attached hydrogens (tertiary/aromatic N) is 2. The van der Waals surface area contributed by atoms with Crippen LogP contribution in [0.4, 0.5) is 13.2 Å². The molecule has 0 aliphatic rings. The molecule has 1 N–H and O–H groups in total. The predicted molar refractivity (Wildman–Crippen MR) is 115 cm³/mol. The Bertz CT molecular complexity index is 1170. The van der Waals surface area contributed by atoms with Crippen molar-refractivity contribution in [3.63, 3.8) is 0 Å². The topological polar surface area (TPSA) is 82.5 Å². The maximum Gasteiger partial charge on any atom is 0.416 e. The van der Waals surface area contributed by atoms with Crippen molar-refractivity contribution < 1.29 is 27.4 Å². The first kappa shape index (κ1) is 23.8. The molecular formula is C23H22F3N3O4. The second-order valence-electron chi connectivity index (χ2n) is 7.10. The minimum Gasteiger partial charge on any atom is -0.493 e. The molecule has 7 nitrogen and oxygen atoms in total. The summed E-state index contributed by atoms with van der Waals surface area (Å²) in [7, 11) is 3.09. The smallest absolute Gasteiger partial charge is 0.416 e. The number of alkyl halides is 3. The lowest BCUT2D eigenvalue weighted by atomic mass is 10.1. The van der Waals surface area contributed by atoms with E-state index in [1.165, 1.54) is 31.6 Å². The van der Waals surface area contributed by atoms with Gasteiger partial charge in [0.1, 0.15) is 6.54 Å². The van der Waals surface area contributed by atoms with Gasteiger partial charge in [-0.2, -0.15) is 13.2 Å². The van der Waals surface area contributed by atoms with Crippen LogP contribution in [0, 0.1) is 0 Å². The van der Waals surface area contributed by atoms with Crippen molar-refractivity contribution >= 4 is 5.91 Å². The van der Waals surface area contributed by atoms with Gasteiger partial charge in [-0.15, -0.1) is 0 Å². The summed E-state index contributed by atoms with van der Waals surface area (Å²) in [5.74, 6) is 0.825. The zero-order valence-electron chi connectivity index (χ0n) is 18.0. The van der Waals surface area contributed by atoms with E-state index < -0.39 is 17.3 Å². The van der Waals surface area contributed by atoms with E-state index >= 15 is 0 Å². The average molecular weight is 461 g/mol. The van der Waals surface area contributed by atoms with Crippen molar-refractivity contribution in [2.45, 2.75) is 19.1 Å². The summed E-state index contributed by atoms with van der Waals surface area (Å²) in [4.78, 5) is 28.6. The number of carbonyl (C=O) groups excluding carboxylic acids is 1. The number of nitrogens with one attached hydrogen (secondary N) is 1. The number of hydrogen-bond donors (Lipinski definition) is 1. The lowest BCUT2D eigenvalue weighted by Crippen LogP contribution is -2.33. The third kappa shape index (κ3) is 6.12. The Morgan fingerprint density at radius 3 is 2.33 bits per heavy atom. The number of benzene rings is 2. The molecular weight excluding hydrogens is 439 g/mol. The molecule has 2 aromatic carbocycles. The monoisotopic (exact) mass is 461 g/mol. The number of rotatable bonds is 8. The summed E-state index contributed by atoms with van der Waals surface area (Å²) in [6, 6.07) is 11.0. The first-order chi connectivity index (χ1) is 15.7. The average Bonchev–Trinajstić information content (AvgIpc) is 2.79. The molecule has 0 bridgehead atoms. The molecule has 0 saturated carbocycles. The fraction of sp³-hybridized carbons (Fsp3) is 0.261. The normalized spacial score (nSPS) is 11.2. The van der Waals surface area contributed by atoms with Gasteiger partial charge in [-0.25, -0.2) is 4.98 Å². The first-order valence-electron chi connectivity index (χ1n) is 9.93. The van der Waals surface area contributed by atoms with Crippen LogP contribution in [0.2, 0.25) is 0 Å². The van der Waals surface area contributed by atoms with Crippen molar-refractivity contribution in [2.24, 2.45) is 0 Å². The summed E-state index contributed by atoms with van der Waals surface area (Å²) in [6.07, 6.45) is -2.70. The third-order valence-corrected chi connectivity index (χ3v) is 4.89. The fourth-order valence-corrected chi connectivity index (χ4v) is 3.13. The molecule has 0 aliphatic heterocycles. The summed E-state index contributed by atoms with van der Waals surface area (Å²) in [5, 5.41) is 2.73. The summed E-state index contributed by atoms with van der Waals surface area (Å²) in [6.45, 7) is 0.116. The molecule has 0 saturated heterocycles. The van der Waals surface area contributed by atoms with E-state index in [-0.39, 0.29) is 18.1 Å².